The Labute approximate surface area is 321 Å². The third kappa shape index (κ3) is 6.45. The zero-order valence-corrected chi connectivity index (χ0v) is 34.9. The van der Waals surface area contributed by atoms with E-state index in [4.69, 9.17) is 4.74 Å². The minimum Gasteiger partial charge on any atom is -0.481 e. The Morgan fingerprint density at radius 1 is 0.811 bits per heavy atom. The van der Waals surface area contributed by atoms with Crippen molar-refractivity contribution in [1.82, 2.24) is 9.80 Å². The molecular formula is C46H74N2O5. The summed E-state index contributed by atoms with van der Waals surface area (Å²) in [5, 5.41) is 9.37. The van der Waals surface area contributed by atoms with Crippen molar-refractivity contribution in [2.45, 2.75) is 170 Å². The average molecular weight is 735 g/mol. The van der Waals surface area contributed by atoms with Gasteiger partial charge in [0.2, 0.25) is 5.91 Å². The van der Waals surface area contributed by atoms with Gasteiger partial charge in [-0.2, -0.15) is 0 Å². The zero-order chi connectivity index (χ0) is 38.4. The minimum atomic E-state index is -0.876. The van der Waals surface area contributed by atoms with Gasteiger partial charge in [-0.3, -0.25) is 19.3 Å². The van der Waals surface area contributed by atoms with Crippen LogP contribution in [0.4, 0.5) is 0 Å². The molecule has 2 heterocycles. The SMILES string of the molecule is C=C(C)[C@@H]1CC[C@]2(CC(=O)N3CC[C@H](N4CCCC4)C3)CC[C@]3(C)[C@H](CC[C@@H]4[C@@]5(C)CC[C@H](OC(=O)CC(C)(C)CC(=O)O)C(C)(C)[C@@H]5CC[C@]43C)[C@@H]12. The summed E-state index contributed by atoms with van der Waals surface area (Å²) in [7, 11) is 0. The second-order valence-corrected chi connectivity index (χ2v) is 22.0. The fraction of sp³-hybridized carbons (Fsp3) is 0.891. The van der Waals surface area contributed by atoms with Crippen LogP contribution in [0.15, 0.2) is 12.2 Å². The van der Waals surface area contributed by atoms with E-state index in [1.165, 1.54) is 76.5 Å². The molecule has 7 heteroatoms. The van der Waals surface area contributed by atoms with E-state index < -0.39 is 11.4 Å². The van der Waals surface area contributed by atoms with Crippen LogP contribution in [0.25, 0.3) is 0 Å². The molecule has 5 aliphatic carbocycles. The summed E-state index contributed by atoms with van der Waals surface area (Å²) in [6, 6.07) is 0.561. The summed E-state index contributed by atoms with van der Waals surface area (Å²) < 4.78 is 6.30. The molecule has 7 fully saturated rings. The number of rotatable bonds is 9. The molecule has 7 rings (SSSR count). The summed E-state index contributed by atoms with van der Waals surface area (Å²) in [4.78, 5) is 43.9. The van der Waals surface area contributed by atoms with Crippen molar-refractivity contribution in [3.05, 3.63) is 12.2 Å². The molecule has 0 radical (unpaired) electrons. The third-order valence-electron chi connectivity index (χ3n) is 18.4. The lowest BCUT2D eigenvalue weighted by Crippen LogP contribution is -2.67. The van der Waals surface area contributed by atoms with Crippen LogP contribution in [0.3, 0.4) is 0 Å². The summed E-state index contributed by atoms with van der Waals surface area (Å²) in [5.74, 6) is 2.05. The number of hydrogen-bond donors (Lipinski definition) is 1. The number of carboxylic acid groups (broad SMARTS) is 1. The predicted molar refractivity (Wildman–Crippen MR) is 210 cm³/mol. The van der Waals surface area contributed by atoms with Crippen LogP contribution >= 0.6 is 0 Å². The Hall–Kier alpha value is -1.89. The Morgan fingerprint density at radius 3 is 2.21 bits per heavy atom. The Bertz CT molecular complexity index is 1460. The molecule has 7 nitrogen and oxygen atoms in total. The Kier molecular flexibility index (Phi) is 10.1. The highest BCUT2D eigenvalue weighted by molar-refractivity contribution is 5.77. The highest BCUT2D eigenvalue weighted by Crippen LogP contribution is 2.78. The molecule has 0 aromatic heterocycles. The number of carbonyl (C=O) groups is 3. The topological polar surface area (TPSA) is 87.2 Å². The standard InChI is InChI=1S/C46H74N2O5/c1-30(2)32-14-20-46(26-37(49)48-25-17-31(29-48)47-23-10-11-24-47)22-21-44(8)33(40(32)46)12-13-35-43(7)18-16-36(42(5,6)34(43)15-19-45(35,44)9)53-39(52)28-41(3,4)27-38(50)51/h31-36,40H,1,10-29H2,2-9H3,(H,50,51)/t31-,32-,33+,34-,35+,36-,40+,43-,44+,45+,46+/m0/s1. The highest BCUT2D eigenvalue weighted by atomic mass is 16.5. The second kappa shape index (κ2) is 13.6. The molecule has 298 valence electrons. The van der Waals surface area contributed by atoms with Crippen molar-refractivity contribution in [1.29, 1.82) is 0 Å². The number of allylic oxidation sites excluding steroid dienone is 1. The van der Waals surface area contributed by atoms with Gasteiger partial charge in [0.15, 0.2) is 0 Å². The number of amides is 1. The third-order valence-corrected chi connectivity index (χ3v) is 18.4. The van der Waals surface area contributed by atoms with Crippen molar-refractivity contribution in [2.24, 2.45) is 62.1 Å². The first-order valence-electron chi connectivity index (χ1n) is 21.8. The van der Waals surface area contributed by atoms with Crippen LogP contribution in [0, 0.1) is 62.1 Å². The smallest absolute Gasteiger partial charge is 0.306 e. The van der Waals surface area contributed by atoms with Gasteiger partial charge in [0.25, 0.3) is 0 Å². The lowest BCUT2D eigenvalue weighted by atomic mass is 9.32. The molecule has 53 heavy (non-hydrogen) atoms. The molecule has 2 saturated heterocycles. The van der Waals surface area contributed by atoms with Crippen LogP contribution in [-0.2, 0) is 19.1 Å². The van der Waals surface area contributed by atoms with Crippen molar-refractivity contribution in [3.63, 3.8) is 0 Å². The van der Waals surface area contributed by atoms with Gasteiger partial charge in [0.1, 0.15) is 6.10 Å². The monoisotopic (exact) mass is 735 g/mol. The first-order valence-corrected chi connectivity index (χ1v) is 21.8. The van der Waals surface area contributed by atoms with Gasteiger partial charge < -0.3 is 14.7 Å². The summed E-state index contributed by atoms with van der Waals surface area (Å²) in [5.41, 5.74) is 1.27. The molecule has 7 aliphatic rings. The molecular weight excluding hydrogens is 661 g/mol. The number of nitrogens with zero attached hydrogens (tertiary/aromatic N) is 2. The molecule has 0 spiro atoms. The number of hydrogen-bond acceptors (Lipinski definition) is 5. The van der Waals surface area contributed by atoms with Gasteiger partial charge in [-0.05, 0) is 160 Å². The Morgan fingerprint density at radius 2 is 1.53 bits per heavy atom. The number of fused-ring (bicyclic) bond motifs is 7. The number of likely N-dealkylation sites (tertiary alicyclic amines) is 2. The van der Waals surface area contributed by atoms with Crippen LogP contribution in [0.2, 0.25) is 0 Å². The van der Waals surface area contributed by atoms with Crippen LogP contribution in [0.5, 0.6) is 0 Å². The number of ether oxygens (including phenoxy) is 1. The fourth-order valence-electron chi connectivity index (χ4n) is 15.6. The number of carboxylic acids is 1. The van der Waals surface area contributed by atoms with Crippen LogP contribution in [0.1, 0.15) is 158 Å². The second-order valence-electron chi connectivity index (χ2n) is 22.0. The van der Waals surface area contributed by atoms with Gasteiger partial charge in [-0.15, -0.1) is 0 Å². The lowest BCUT2D eigenvalue weighted by Gasteiger charge is -2.73. The summed E-state index contributed by atoms with van der Waals surface area (Å²) >= 11 is 0. The molecule has 0 aromatic rings. The predicted octanol–water partition coefficient (Wildman–Crippen LogP) is 9.53. The Balaban J connectivity index is 1.09. The molecule has 0 unspecified atom stereocenters. The van der Waals surface area contributed by atoms with Crippen LogP contribution in [-0.4, -0.2) is 71.1 Å². The van der Waals surface area contributed by atoms with E-state index in [0.29, 0.717) is 41.5 Å². The van der Waals surface area contributed by atoms with E-state index in [1.807, 2.05) is 13.8 Å². The van der Waals surface area contributed by atoms with E-state index in [-0.39, 0.29) is 52.0 Å². The van der Waals surface area contributed by atoms with Gasteiger partial charge >= 0.3 is 11.9 Å². The number of aliphatic carboxylic acids is 1. The average Bonchev–Trinajstić information content (AvgIpc) is 3.82. The van der Waals surface area contributed by atoms with Crippen molar-refractivity contribution in [2.75, 3.05) is 26.2 Å². The maximum absolute atomic E-state index is 14.3. The lowest BCUT2D eigenvalue weighted by molar-refractivity contribution is -0.250. The van der Waals surface area contributed by atoms with Gasteiger partial charge in [0, 0.05) is 31.0 Å². The van der Waals surface area contributed by atoms with Gasteiger partial charge in [0.05, 0.1) is 12.8 Å². The van der Waals surface area contributed by atoms with E-state index in [9.17, 15) is 19.5 Å². The maximum Gasteiger partial charge on any atom is 0.306 e. The molecule has 5 saturated carbocycles. The van der Waals surface area contributed by atoms with Crippen molar-refractivity contribution < 1.29 is 24.2 Å². The van der Waals surface area contributed by atoms with E-state index in [1.54, 1.807) is 0 Å². The van der Waals surface area contributed by atoms with Gasteiger partial charge in [-0.25, -0.2) is 0 Å². The van der Waals surface area contributed by atoms with Crippen molar-refractivity contribution in [3.8, 4) is 0 Å². The molecule has 1 amide bonds. The summed E-state index contributed by atoms with van der Waals surface area (Å²) in [6.45, 7) is 27.5. The largest absolute Gasteiger partial charge is 0.481 e. The normalized spacial score (nSPS) is 43.7. The quantitative estimate of drug-likeness (QED) is 0.188. The molecule has 11 atom stereocenters. The first-order chi connectivity index (χ1) is 24.8. The highest BCUT2D eigenvalue weighted by Gasteiger charge is 2.71. The first kappa shape index (κ1) is 39.3. The zero-order valence-electron chi connectivity index (χ0n) is 34.9. The molecule has 1 N–H and O–H groups in total. The number of esters is 1. The minimum absolute atomic E-state index is 0.0417. The molecule has 0 aromatic carbocycles. The molecule has 2 aliphatic heterocycles. The van der Waals surface area contributed by atoms with Crippen LogP contribution < -0.4 is 0 Å². The number of carbonyl (C=O) groups excluding carboxylic acids is 2. The van der Waals surface area contributed by atoms with Crippen molar-refractivity contribution >= 4 is 17.8 Å². The van der Waals surface area contributed by atoms with E-state index in [0.717, 1.165) is 45.2 Å². The van der Waals surface area contributed by atoms with E-state index >= 15 is 0 Å². The summed E-state index contributed by atoms with van der Waals surface area (Å²) in [6.07, 6.45) is 16.0. The molecule has 0 bridgehead atoms. The fourth-order valence-corrected chi connectivity index (χ4v) is 15.6. The van der Waals surface area contributed by atoms with E-state index in [2.05, 4.69) is 57.9 Å². The van der Waals surface area contributed by atoms with Gasteiger partial charge in [-0.1, -0.05) is 60.6 Å². The maximum atomic E-state index is 14.3.